The molecule has 0 radical (unpaired) electrons. The van der Waals surface area contributed by atoms with Crippen molar-refractivity contribution in [3.05, 3.63) is 28.2 Å². The molecule has 0 fully saturated rings. The lowest BCUT2D eigenvalue weighted by Crippen LogP contribution is -2.22. The van der Waals surface area contributed by atoms with E-state index in [9.17, 15) is 4.79 Å². The molecule has 0 bridgehead atoms. The first-order valence-electron chi connectivity index (χ1n) is 3.88. The molecule has 0 aliphatic rings. The van der Waals surface area contributed by atoms with Gasteiger partial charge in [-0.3, -0.25) is 4.79 Å². The molecule has 1 aromatic carbocycles. The Hall–Kier alpha value is -1.03. The molecule has 0 unspecified atom stereocenters. The topological polar surface area (TPSA) is 55.1 Å². The van der Waals surface area contributed by atoms with Gasteiger partial charge in [-0.05, 0) is 30.7 Å². The molecule has 3 N–H and O–H groups in total. The highest BCUT2D eigenvalue weighted by atomic mass is 79.9. The van der Waals surface area contributed by atoms with Gasteiger partial charge < -0.3 is 11.1 Å². The molecule has 4 heteroatoms. The van der Waals surface area contributed by atoms with Gasteiger partial charge in [0.1, 0.15) is 0 Å². The van der Waals surface area contributed by atoms with Crippen molar-refractivity contribution in [2.75, 3.05) is 11.9 Å². The Bertz CT molecular complexity index is 325. The lowest BCUT2D eigenvalue weighted by Gasteiger charge is -2.07. The van der Waals surface area contributed by atoms with Gasteiger partial charge in [0.15, 0.2) is 0 Å². The van der Waals surface area contributed by atoms with Crippen LogP contribution in [0.15, 0.2) is 22.7 Å². The van der Waals surface area contributed by atoms with Crippen molar-refractivity contribution >= 4 is 27.5 Å². The average molecular weight is 243 g/mol. The highest BCUT2D eigenvalue weighted by Crippen LogP contribution is 2.19. The van der Waals surface area contributed by atoms with E-state index in [1.54, 1.807) is 0 Å². The standard InChI is InChI=1S/C9H11BrN2O/c1-6-4-7(10)2-3-8(6)12-5-9(11)13/h2-4,12H,5H2,1H3,(H2,11,13). The molecule has 13 heavy (non-hydrogen) atoms. The van der Waals surface area contributed by atoms with E-state index >= 15 is 0 Å². The third-order valence-electron chi connectivity index (χ3n) is 1.64. The first kappa shape index (κ1) is 10.1. The molecule has 70 valence electrons. The molecule has 1 aromatic rings. The van der Waals surface area contributed by atoms with Gasteiger partial charge in [-0.15, -0.1) is 0 Å². The van der Waals surface area contributed by atoms with Crippen LogP contribution in [0.3, 0.4) is 0 Å². The summed E-state index contributed by atoms with van der Waals surface area (Å²) in [5.74, 6) is -0.359. The molecule has 0 aromatic heterocycles. The highest BCUT2D eigenvalue weighted by molar-refractivity contribution is 9.10. The van der Waals surface area contributed by atoms with Gasteiger partial charge >= 0.3 is 0 Å². The molecule has 0 saturated heterocycles. The Labute approximate surface area is 85.4 Å². The van der Waals surface area contributed by atoms with Gasteiger partial charge in [-0.2, -0.15) is 0 Å². The van der Waals surface area contributed by atoms with Crippen LogP contribution in [0.1, 0.15) is 5.56 Å². The Morgan fingerprint density at radius 2 is 2.31 bits per heavy atom. The van der Waals surface area contributed by atoms with Crippen LogP contribution in [-0.4, -0.2) is 12.5 Å². The minimum Gasteiger partial charge on any atom is -0.376 e. The number of hydrogen-bond donors (Lipinski definition) is 2. The number of nitrogens with two attached hydrogens (primary N) is 1. The van der Waals surface area contributed by atoms with Gasteiger partial charge in [0.2, 0.25) is 5.91 Å². The van der Waals surface area contributed by atoms with E-state index in [2.05, 4.69) is 21.2 Å². The minimum atomic E-state index is -0.359. The largest absolute Gasteiger partial charge is 0.376 e. The molecule has 0 aliphatic heterocycles. The number of primary amides is 1. The van der Waals surface area contributed by atoms with Gasteiger partial charge in [-0.1, -0.05) is 15.9 Å². The maximum atomic E-state index is 10.5. The van der Waals surface area contributed by atoms with Gasteiger partial charge in [0.05, 0.1) is 6.54 Å². The van der Waals surface area contributed by atoms with Crippen LogP contribution in [0, 0.1) is 6.92 Å². The summed E-state index contributed by atoms with van der Waals surface area (Å²) in [6, 6.07) is 5.79. The number of anilines is 1. The summed E-state index contributed by atoms with van der Waals surface area (Å²) in [5.41, 5.74) is 7.02. The predicted octanol–water partition coefficient (Wildman–Crippen LogP) is 1.65. The summed E-state index contributed by atoms with van der Waals surface area (Å²) in [4.78, 5) is 10.5. The molecule has 0 spiro atoms. The molecule has 0 heterocycles. The van der Waals surface area contributed by atoms with Crippen molar-refractivity contribution < 1.29 is 4.79 Å². The van der Waals surface area contributed by atoms with Gasteiger partial charge in [0, 0.05) is 10.2 Å². The van der Waals surface area contributed by atoms with E-state index in [0.29, 0.717) is 0 Å². The number of aryl methyl sites for hydroxylation is 1. The zero-order valence-electron chi connectivity index (χ0n) is 7.30. The van der Waals surface area contributed by atoms with Crippen molar-refractivity contribution in [2.45, 2.75) is 6.92 Å². The fourth-order valence-corrected chi connectivity index (χ4v) is 1.48. The zero-order chi connectivity index (χ0) is 9.84. The number of benzene rings is 1. The Kier molecular flexibility index (Phi) is 3.31. The fraction of sp³-hybridized carbons (Fsp3) is 0.222. The Balaban J connectivity index is 2.72. The molecular formula is C9H11BrN2O. The molecule has 0 atom stereocenters. The molecule has 3 nitrogen and oxygen atoms in total. The van der Waals surface area contributed by atoms with Crippen molar-refractivity contribution in [3.8, 4) is 0 Å². The molecule has 0 saturated carbocycles. The van der Waals surface area contributed by atoms with Gasteiger partial charge in [0.25, 0.3) is 0 Å². The smallest absolute Gasteiger partial charge is 0.236 e. The second kappa shape index (κ2) is 4.28. The van der Waals surface area contributed by atoms with Crippen LogP contribution in [-0.2, 0) is 4.79 Å². The lowest BCUT2D eigenvalue weighted by atomic mass is 10.2. The Morgan fingerprint density at radius 1 is 1.62 bits per heavy atom. The maximum absolute atomic E-state index is 10.5. The summed E-state index contributed by atoms with van der Waals surface area (Å²) in [6.45, 7) is 2.14. The van der Waals surface area contributed by atoms with Crippen LogP contribution in [0.25, 0.3) is 0 Å². The van der Waals surface area contributed by atoms with E-state index in [4.69, 9.17) is 5.73 Å². The number of nitrogens with one attached hydrogen (secondary N) is 1. The monoisotopic (exact) mass is 242 g/mol. The second-order valence-electron chi connectivity index (χ2n) is 2.78. The Morgan fingerprint density at radius 3 is 2.85 bits per heavy atom. The summed E-state index contributed by atoms with van der Waals surface area (Å²) in [6.07, 6.45) is 0. The highest BCUT2D eigenvalue weighted by Gasteiger charge is 1.99. The van der Waals surface area contributed by atoms with E-state index in [-0.39, 0.29) is 12.5 Å². The number of halogens is 1. The third kappa shape index (κ3) is 3.06. The van der Waals surface area contributed by atoms with E-state index < -0.39 is 0 Å². The van der Waals surface area contributed by atoms with Crippen molar-refractivity contribution in [3.63, 3.8) is 0 Å². The molecule has 1 amide bonds. The van der Waals surface area contributed by atoms with E-state index in [1.807, 2.05) is 25.1 Å². The fourth-order valence-electron chi connectivity index (χ4n) is 1.01. The van der Waals surface area contributed by atoms with Crippen molar-refractivity contribution in [2.24, 2.45) is 5.73 Å². The second-order valence-corrected chi connectivity index (χ2v) is 3.69. The molecule has 0 aliphatic carbocycles. The number of carbonyl (C=O) groups is 1. The van der Waals surface area contributed by atoms with Crippen LogP contribution >= 0.6 is 15.9 Å². The van der Waals surface area contributed by atoms with Crippen LogP contribution in [0.4, 0.5) is 5.69 Å². The average Bonchev–Trinajstić information content (AvgIpc) is 2.02. The first-order chi connectivity index (χ1) is 6.09. The van der Waals surface area contributed by atoms with Crippen LogP contribution < -0.4 is 11.1 Å². The SMILES string of the molecule is Cc1cc(Br)ccc1NCC(N)=O. The summed E-state index contributed by atoms with van der Waals surface area (Å²) in [7, 11) is 0. The van der Waals surface area contributed by atoms with E-state index in [1.165, 1.54) is 0 Å². The quantitative estimate of drug-likeness (QED) is 0.848. The molecular weight excluding hydrogens is 232 g/mol. The third-order valence-corrected chi connectivity index (χ3v) is 2.13. The number of amides is 1. The van der Waals surface area contributed by atoms with Crippen molar-refractivity contribution in [1.82, 2.24) is 0 Å². The maximum Gasteiger partial charge on any atom is 0.236 e. The lowest BCUT2D eigenvalue weighted by molar-refractivity contribution is -0.116. The number of carbonyl (C=O) groups excluding carboxylic acids is 1. The van der Waals surface area contributed by atoms with E-state index in [0.717, 1.165) is 15.7 Å². The summed E-state index contributed by atoms with van der Waals surface area (Å²) >= 11 is 3.36. The van der Waals surface area contributed by atoms with Crippen LogP contribution in [0.5, 0.6) is 0 Å². The summed E-state index contributed by atoms with van der Waals surface area (Å²) < 4.78 is 1.02. The zero-order valence-corrected chi connectivity index (χ0v) is 8.89. The first-order valence-corrected chi connectivity index (χ1v) is 4.67. The molecule has 1 rings (SSSR count). The normalized spacial score (nSPS) is 9.69. The van der Waals surface area contributed by atoms with Crippen LogP contribution in [0.2, 0.25) is 0 Å². The van der Waals surface area contributed by atoms with Gasteiger partial charge in [-0.25, -0.2) is 0 Å². The number of hydrogen-bond acceptors (Lipinski definition) is 2. The number of rotatable bonds is 3. The predicted molar refractivity (Wildman–Crippen MR) is 56.6 cm³/mol. The minimum absolute atomic E-state index is 0.169. The van der Waals surface area contributed by atoms with Crippen molar-refractivity contribution in [1.29, 1.82) is 0 Å². The summed E-state index contributed by atoms with van der Waals surface area (Å²) in [5, 5.41) is 2.94.